The van der Waals surface area contributed by atoms with Crippen LogP contribution in [0.2, 0.25) is 0 Å². The monoisotopic (exact) mass is 309 g/mol. The molecule has 0 aliphatic rings. The van der Waals surface area contributed by atoms with Gasteiger partial charge in [-0.25, -0.2) is 9.18 Å². The van der Waals surface area contributed by atoms with Crippen LogP contribution in [-0.2, 0) is 4.79 Å². The summed E-state index contributed by atoms with van der Waals surface area (Å²) in [6.07, 6.45) is 1.01. The number of carboxylic acid groups (broad SMARTS) is 1. The summed E-state index contributed by atoms with van der Waals surface area (Å²) in [4.78, 5) is 23.7. The fraction of sp³-hybridized carbons (Fsp3) is 0.333. The van der Waals surface area contributed by atoms with Crippen molar-refractivity contribution in [1.82, 2.24) is 5.32 Å². The molecular formula is C15H16FNO3S. The Labute approximate surface area is 125 Å². The number of hydrogen-bond acceptors (Lipinski definition) is 3. The molecule has 2 N–H and O–H groups in total. The average molecular weight is 309 g/mol. The van der Waals surface area contributed by atoms with Gasteiger partial charge in [0.15, 0.2) is 0 Å². The maximum Gasteiger partial charge on any atom is 0.326 e. The Bertz CT molecular complexity index is 696. The van der Waals surface area contributed by atoms with Crippen molar-refractivity contribution in [2.24, 2.45) is 0 Å². The number of rotatable bonds is 5. The number of fused-ring (bicyclic) bond motifs is 1. The van der Waals surface area contributed by atoms with Gasteiger partial charge in [0.05, 0.1) is 4.88 Å². The van der Waals surface area contributed by atoms with Crippen molar-refractivity contribution in [2.45, 2.75) is 32.7 Å². The molecule has 1 amide bonds. The molecule has 1 atom stereocenters. The van der Waals surface area contributed by atoms with Gasteiger partial charge in [0.25, 0.3) is 5.91 Å². The predicted molar refractivity (Wildman–Crippen MR) is 80.3 cm³/mol. The van der Waals surface area contributed by atoms with Crippen LogP contribution in [0.5, 0.6) is 0 Å². The van der Waals surface area contributed by atoms with Crippen molar-refractivity contribution < 1.29 is 19.1 Å². The minimum absolute atomic E-state index is 0.359. The molecule has 0 bridgehead atoms. The van der Waals surface area contributed by atoms with Gasteiger partial charge < -0.3 is 10.4 Å². The van der Waals surface area contributed by atoms with Crippen LogP contribution in [0.4, 0.5) is 4.39 Å². The Hall–Kier alpha value is -1.95. The van der Waals surface area contributed by atoms with E-state index < -0.39 is 17.9 Å². The molecule has 0 radical (unpaired) electrons. The van der Waals surface area contributed by atoms with Gasteiger partial charge in [-0.05, 0) is 31.0 Å². The fourth-order valence-corrected chi connectivity index (χ4v) is 3.37. The molecule has 0 aliphatic carbocycles. The third-order valence-corrected chi connectivity index (χ3v) is 4.55. The minimum atomic E-state index is -1.06. The number of halogens is 1. The summed E-state index contributed by atoms with van der Waals surface area (Å²) >= 11 is 1.17. The number of thiophene rings is 1. The largest absolute Gasteiger partial charge is 0.480 e. The number of benzene rings is 1. The van der Waals surface area contributed by atoms with Crippen LogP contribution >= 0.6 is 11.3 Å². The van der Waals surface area contributed by atoms with E-state index >= 15 is 0 Å². The number of aliphatic carboxylic acids is 1. The smallest absolute Gasteiger partial charge is 0.326 e. The standard InChI is InChI=1S/C15H16FNO3S/c1-3-5-10(15(19)20)17-14(18)13-8(2)12-9(16)6-4-7-11(12)21-13/h4,6-7,10H,3,5H2,1-2H3,(H,17,18)(H,19,20)/t10-/m0/s1. The summed E-state index contributed by atoms with van der Waals surface area (Å²) in [5, 5.41) is 12.0. The van der Waals surface area contributed by atoms with Crippen molar-refractivity contribution in [3.05, 3.63) is 34.5 Å². The highest BCUT2D eigenvalue weighted by atomic mass is 32.1. The van der Waals surface area contributed by atoms with E-state index in [9.17, 15) is 14.0 Å². The van der Waals surface area contributed by atoms with Gasteiger partial charge >= 0.3 is 5.97 Å². The lowest BCUT2D eigenvalue weighted by Crippen LogP contribution is -2.40. The quantitative estimate of drug-likeness (QED) is 0.890. The summed E-state index contributed by atoms with van der Waals surface area (Å²) < 4.78 is 14.5. The minimum Gasteiger partial charge on any atom is -0.480 e. The van der Waals surface area contributed by atoms with E-state index in [0.717, 1.165) is 0 Å². The molecule has 112 valence electrons. The molecule has 0 fully saturated rings. The van der Waals surface area contributed by atoms with Crippen molar-refractivity contribution >= 4 is 33.3 Å². The van der Waals surface area contributed by atoms with E-state index in [1.54, 1.807) is 19.1 Å². The first-order valence-corrected chi connectivity index (χ1v) is 7.48. The number of aryl methyl sites for hydroxylation is 1. The van der Waals surface area contributed by atoms with Crippen LogP contribution in [-0.4, -0.2) is 23.0 Å². The van der Waals surface area contributed by atoms with Gasteiger partial charge in [-0.1, -0.05) is 19.4 Å². The Morgan fingerprint density at radius 1 is 1.43 bits per heavy atom. The fourth-order valence-electron chi connectivity index (χ4n) is 2.24. The SMILES string of the molecule is CCC[C@H](NC(=O)c1sc2cccc(F)c2c1C)C(=O)O. The summed E-state index contributed by atoms with van der Waals surface area (Å²) in [6.45, 7) is 3.52. The number of carbonyl (C=O) groups excluding carboxylic acids is 1. The van der Waals surface area contributed by atoms with E-state index in [2.05, 4.69) is 5.32 Å². The van der Waals surface area contributed by atoms with Crippen LogP contribution in [0.25, 0.3) is 10.1 Å². The number of carbonyl (C=O) groups is 2. The number of carboxylic acids is 1. The zero-order chi connectivity index (χ0) is 15.6. The Morgan fingerprint density at radius 2 is 2.14 bits per heavy atom. The first kappa shape index (κ1) is 15.4. The summed E-state index contributed by atoms with van der Waals surface area (Å²) in [5.41, 5.74) is 0.547. The molecule has 2 rings (SSSR count). The molecular weight excluding hydrogens is 293 g/mol. The lowest BCUT2D eigenvalue weighted by atomic mass is 10.1. The molecule has 0 unspecified atom stereocenters. The van der Waals surface area contributed by atoms with Crippen LogP contribution < -0.4 is 5.32 Å². The zero-order valence-electron chi connectivity index (χ0n) is 11.8. The average Bonchev–Trinajstić information content (AvgIpc) is 2.77. The van der Waals surface area contributed by atoms with Crippen LogP contribution in [0.3, 0.4) is 0 Å². The lowest BCUT2D eigenvalue weighted by molar-refractivity contribution is -0.139. The first-order valence-electron chi connectivity index (χ1n) is 6.67. The molecule has 1 heterocycles. The van der Waals surface area contributed by atoms with Crippen LogP contribution in [0.15, 0.2) is 18.2 Å². The normalized spacial score (nSPS) is 12.3. The topological polar surface area (TPSA) is 66.4 Å². The lowest BCUT2D eigenvalue weighted by Gasteiger charge is -2.13. The van der Waals surface area contributed by atoms with Gasteiger partial charge in [0.2, 0.25) is 0 Å². The maximum absolute atomic E-state index is 13.8. The maximum atomic E-state index is 13.8. The van der Waals surface area contributed by atoms with Crippen molar-refractivity contribution in [3.63, 3.8) is 0 Å². The predicted octanol–water partition coefficient (Wildman–Crippen LogP) is 3.33. The third-order valence-electron chi connectivity index (χ3n) is 3.29. The molecule has 2 aromatic rings. The molecule has 0 spiro atoms. The van der Waals surface area contributed by atoms with Gasteiger partial charge in [0.1, 0.15) is 11.9 Å². The van der Waals surface area contributed by atoms with Crippen molar-refractivity contribution in [2.75, 3.05) is 0 Å². The van der Waals surface area contributed by atoms with Gasteiger partial charge in [-0.3, -0.25) is 4.79 Å². The van der Waals surface area contributed by atoms with Gasteiger partial charge in [-0.2, -0.15) is 0 Å². The first-order chi connectivity index (χ1) is 9.95. The van der Waals surface area contributed by atoms with E-state index in [4.69, 9.17) is 5.11 Å². The Morgan fingerprint density at radius 3 is 2.71 bits per heavy atom. The van der Waals surface area contributed by atoms with Gasteiger partial charge in [-0.15, -0.1) is 11.3 Å². The third kappa shape index (κ3) is 3.05. The summed E-state index contributed by atoms with van der Waals surface area (Å²) in [5.74, 6) is -1.90. The highest BCUT2D eigenvalue weighted by Crippen LogP contribution is 2.32. The molecule has 0 saturated carbocycles. The van der Waals surface area contributed by atoms with E-state index in [1.165, 1.54) is 17.4 Å². The van der Waals surface area contributed by atoms with Gasteiger partial charge in [0, 0.05) is 10.1 Å². The molecule has 4 nitrogen and oxygen atoms in total. The number of amides is 1. The zero-order valence-corrected chi connectivity index (χ0v) is 12.6. The highest BCUT2D eigenvalue weighted by molar-refractivity contribution is 7.21. The molecule has 21 heavy (non-hydrogen) atoms. The van der Waals surface area contributed by atoms with Crippen LogP contribution in [0, 0.1) is 12.7 Å². The highest BCUT2D eigenvalue weighted by Gasteiger charge is 2.23. The summed E-state index contributed by atoms with van der Waals surface area (Å²) in [7, 11) is 0. The molecule has 0 aliphatic heterocycles. The second kappa shape index (κ2) is 6.22. The van der Waals surface area contributed by atoms with Crippen LogP contribution in [0.1, 0.15) is 35.0 Å². The molecule has 0 saturated heterocycles. The van der Waals surface area contributed by atoms with Crippen molar-refractivity contribution in [3.8, 4) is 0 Å². The number of nitrogens with one attached hydrogen (secondary N) is 1. The van der Waals surface area contributed by atoms with E-state index in [-0.39, 0.29) is 5.82 Å². The molecule has 1 aromatic heterocycles. The van der Waals surface area contributed by atoms with Crippen molar-refractivity contribution in [1.29, 1.82) is 0 Å². The second-order valence-electron chi connectivity index (χ2n) is 4.82. The molecule has 1 aromatic carbocycles. The Balaban J connectivity index is 2.33. The molecule has 6 heteroatoms. The summed E-state index contributed by atoms with van der Waals surface area (Å²) in [6, 6.07) is 3.76. The second-order valence-corrected chi connectivity index (χ2v) is 5.87. The Kier molecular flexibility index (Phi) is 4.57. The van der Waals surface area contributed by atoms with E-state index in [1.807, 2.05) is 6.92 Å². The number of hydrogen-bond donors (Lipinski definition) is 2. The van der Waals surface area contributed by atoms with E-state index in [0.29, 0.717) is 33.4 Å².